The van der Waals surface area contributed by atoms with Gasteiger partial charge in [0, 0.05) is 31.0 Å². The number of aryl methyl sites for hydroxylation is 1. The molecule has 0 atom stereocenters. The molecular formula is C13H16FN3. The van der Waals surface area contributed by atoms with Gasteiger partial charge in [-0.1, -0.05) is 13.0 Å². The number of rotatable bonds is 4. The lowest BCUT2D eigenvalue weighted by molar-refractivity contribution is 0.603. The highest BCUT2D eigenvalue weighted by molar-refractivity contribution is 5.41. The van der Waals surface area contributed by atoms with Crippen molar-refractivity contribution in [2.75, 3.05) is 5.73 Å². The predicted molar refractivity (Wildman–Crippen MR) is 66.1 cm³/mol. The Kier molecular flexibility index (Phi) is 3.42. The quantitative estimate of drug-likeness (QED) is 0.825. The van der Waals surface area contributed by atoms with E-state index in [0.717, 1.165) is 18.8 Å². The number of anilines is 1. The molecule has 1 heterocycles. The van der Waals surface area contributed by atoms with Gasteiger partial charge in [-0.25, -0.2) is 9.37 Å². The van der Waals surface area contributed by atoms with Crippen LogP contribution >= 0.6 is 0 Å². The van der Waals surface area contributed by atoms with Crippen molar-refractivity contribution in [1.29, 1.82) is 0 Å². The van der Waals surface area contributed by atoms with Crippen LogP contribution in [0, 0.1) is 5.82 Å². The Morgan fingerprint density at radius 2 is 2.24 bits per heavy atom. The van der Waals surface area contributed by atoms with Gasteiger partial charge in [-0.05, 0) is 24.1 Å². The van der Waals surface area contributed by atoms with E-state index in [2.05, 4.69) is 16.5 Å². The summed E-state index contributed by atoms with van der Waals surface area (Å²) in [5.41, 5.74) is 6.59. The maximum absolute atomic E-state index is 13.6. The van der Waals surface area contributed by atoms with Gasteiger partial charge in [0.25, 0.3) is 0 Å². The van der Waals surface area contributed by atoms with Gasteiger partial charge in [0.2, 0.25) is 0 Å². The normalized spacial score (nSPS) is 10.7. The SMILES string of the molecule is CCCn1ccnc1Cc1ccc(N)cc1F. The first-order valence-corrected chi connectivity index (χ1v) is 5.74. The van der Waals surface area contributed by atoms with Gasteiger partial charge in [-0.2, -0.15) is 0 Å². The molecular weight excluding hydrogens is 217 g/mol. The largest absolute Gasteiger partial charge is 0.399 e. The smallest absolute Gasteiger partial charge is 0.128 e. The molecule has 0 saturated carbocycles. The average molecular weight is 233 g/mol. The summed E-state index contributed by atoms with van der Waals surface area (Å²) in [6.45, 7) is 3.01. The zero-order chi connectivity index (χ0) is 12.3. The van der Waals surface area contributed by atoms with E-state index in [1.54, 1.807) is 18.3 Å². The Labute approximate surface area is 100 Å². The molecule has 1 aromatic heterocycles. The van der Waals surface area contributed by atoms with E-state index < -0.39 is 0 Å². The van der Waals surface area contributed by atoms with Crippen LogP contribution in [0.5, 0.6) is 0 Å². The van der Waals surface area contributed by atoms with Crippen molar-refractivity contribution < 1.29 is 4.39 Å². The molecule has 3 nitrogen and oxygen atoms in total. The number of aromatic nitrogens is 2. The minimum Gasteiger partial charge on any atom is -0.399 e. The monoisotopic (exact) mass is 233 g/mol. The highest BCUT2D eigenvalue weighted by atomic mass is 19.1. The third-order valence-corrected chi connectivity index (χ3v) is 2.69. The highest BCUT2D eigenvalue weighted by Crippen LogP contribution is 2.15. The van der Waals surface area contributed by atoms with Crippen LogP contribution in [-0.2, 0) is 13.0 Å². The lowest BCUT2D eigenvalue weighted by Crippen LogP contribution is -2.04. The lowest BCUT2D eigenvalue weighted by Gasteiger charge is -2.07. The van der Waals surface area contributed by atoms with E-state index in [9.17, 15) is 4.39 Å². The first-order valence-electron chi connectivity index (χ1n) is 5.74. The van der Waals surface area contributed by atoms with Gasteiger partial charge >= 0.3 is 0 Å². The number of hydrogen-bond donors (Lipinski definition) is 1. The van der Waals surface area contributed by atoms with Crippen molar-refractivity contribution in [3.8, 4) is 0 Å². The topological polar surface area (TPSA) is 43.8 Å². The zero-order valence-electron chi connectivity index (χ0n) is 9.86. The Bertz CT molecular complexity index is 505. The molecule has 0 aliphatic carbocycles. The van der Waals surface area contributed by atoms with Gasteiger partial charge in [0.15, 0.2) is 0 Å². The van der Waals surface area contributed by atoms with E-state index in [4.69, 9.17) is 5.73 Å². The summed E-state index contributed by atoms with van der Waals surface area (Å²) in [4.78, 5) is 4.26. The van der Waals surface area contributed by atoms with E-state index in [1.807, 2.05) is 6.20 Å². The third kappa shape index (κ3) is 2.64. The molecule has 0 aliphatic heterocycles. The second kappa shape index (κ2) is 4.99. The van der Waals surface area contributed by atoms with Crippen LogP contribution in [-0.4, -0.2) is 9.55 Å². The molecule has 2 rings (SSSR count). The standard InChI is InChI=1S/C13H16FN3/c1-2-6-17-7-5-16-13(17)8-10-3-4-11(15)9-12(10)14/h3-5,7,9H,2,6,8,15H2,1H3. The van der Waals surface area contributed by atoms with Crippen molar-refractivity contribution in [2.45, 2.75) is 26.3 Å². The summed E-state index contributed by atoms with van der Waals surface area (Å²) in [7, 11) is 0. The van der Waals surface area contributed by atoms with Crippen LogP contribution in [0.25, 0.3) is 0 Å². The molecule has 0 radical (unpaired) electrons. The van der Waals surface area contributed by atoms with Gasteiger partial charge < -0.3 is 10.3 Å². The third-order valence-electron chi connectivity index (χ3n) is 2.69. The Morgan fingerprint density at radius 1 is 1.41 bits per heavy atom. The van der Waals surface area contributed by atoms with Gasteiger partial charge in [0.05, 0.1) is 0 Å². The number of nitrogens with zero attached hydrogens (tertiary/aromatic N) is 2. The van der Waals surface area contributed by atoms with Crippen molar-refractivity contribution in [3.05, 3.63) is 47.8 Å². The molecule has 0 spiro atoms. The molecule has 0 bridgehead atoms. The molecule has 0 amide bonds. The van der Waals surface area contributed by atoms with Crippen molar-refractivity contribution in [3.63, 3.8) is 0 Å². The molecule has 0 saturated heterocycles. The summed E-state index contributed by atoms with van der Waals surface area (Å²) in [5.74, 6) is 0.617. The molecule has 17 heavy (non-hydrogen) atoms. The van der Waals surface area contributed by atoms with Crippen molar-refractivity contribution >= 4 is 5.69 Å². The predicted octanol–water partition coefficient (Wildman–Crippen LogP) is 2.61. The molecule has 90 valence electrons. The average Bonchev–Trinajstić information content (AvgIpc) is 2.71. The van der Waals surface area contributed by atoms with E-state index in [0.29, 0.717) is 17.7 Å². The van der Waals surface area contributed by atoms with Crippen LogP contribution in [0.2, 0.25) is 0 Å². The summed E-state index contributed by atoms with van der Waals surface area (Å²) >= 11 is 0. The Hall–Kier alpha value is -1.84. The molecule has 0 unspecified atom stereocenters. The van der Waals surface area contributed by atoms with Crippen LogP contribution in [0.4, 0.5) is 10.1 Å². The fourth-order valence-electron chi connectivity index (χ4n) is 1.83. The van der Waals surface area contributed by atoms with Gasteiger partial charge in [-0.15, -0.1) is 0 Å². The van der Waals surface area contributed by atoms with Crippen LogP contribution < -0.4 is 5.73 Å². The molecule has 4 heteroatoms. The summed E-state index contributed by atoms with van der Waals surface area (Å²) in [6.07, 6.45) is 5.21. The number of nitrogen functional groups attached to an aromatic ring is 1. The number of nitrogens with two attached hydrogens (primary N) is 1. The second-order valence-electron chi connectivity index (χ2n) is 4.06. The van der Waals surface area contributed by atoms with Crippen molar-refractivity contribution in [2.24, 2.45) is 0 Å². The van der Waals surface area contributed by atoms with Gasteiger partial charge in [0.1, 0.15) is 11.6 Å². The summed E-state index contributed by atoms with van der Waals surface area (Å²) in [5, 5.41) is 0. The first-order chi connectivity index (χ1) is 8.20. The lowest BCUT2D eigenvalue weighted by atomic mass is 10.1. The molecule has 2 aromatic rings. The molecule has 0 aliphatic rings. The number of hydrogen-bond acceptors (Lipinski definition) is 2. The van der Waals surface area contributed by atoms with E-state index >= 15 is 0 Å². The summed E-state index contributed by atoms with van der Waals surface area (Å²) in [6, 6.07) is 4.78. The zero-order valence-corrected chi connectivity index (χ0v) is 9.86. The second-order valence-corrected chi connectivity index (χ2v) is 4.06. The maximum atomic E-state index is 13.6. The van der Waals surface area contributed by atoms with E-state index in [-0.39, 0.29) is 5.82 Å². The van der Waals surface area contributed by atoms with Crippen LogP contribution in [0.15, 0.2) is 30.6 Å². The number of imidazole rings is 1. The number of benzene rings is 1. The van der Waals surface area contributed by atoms with Crippen LogP contribution in [0.3, 0.4) is 0 Å². The summed E-state index contributed by atoms with van der Waals surface area (Å²) < 4.78 is 15.7. The fraction of sp³-hybridized carbons (Fsp3) is 0.308. The van der Waals surface area contributed by atoms with Gasteiger partial charge in [-0.3, -0.25) is 0 Å². The van der Waals surface area contributed by atoms with E-state index in [1.165, 1.54) is 6.07 Å². The molecule has 2 N–H and O–H groups in total. The minimum atomic E-state index is -0.268. The van der Waals surface area contributed by atoms with Crippen LogP contribution in [0.1, 0.15) is 24.7 Å². The molecule has 1 aromatic carbocycles. The van der Waals surface area contributed by atoms with Crippen molar-refractivity contribution in [1.82, 2.24) is 9.55 Å². The molecule has 0 fully saturated rings. The number of halogens is 1. The Morgan fingerprint density at radius 3 is 2.94 bits per heavy atom. The fourth-order valence-corrected chi connectivity index (χ4v) is 1.83. The Balaban J connectivity index is 2.22. The highest BCUT2D eigenvalue weighted by Gasteiger charge is 2.07. The maximum Gasteiger partial charge on any atom is 0.128 e. The minimum absolute atomic E-state index is 0.268. The first kappa shape index (κ1) is 11.6.